The van der Waals surface area contributed by atoms with Gasteiger partial charge in [0.25, 0.3) is 5.56 Å². The molecule has 25 heavy (non-hydrogen) atoms. The number of pyridine rings is 1. The van der Waals surface area contributed by atoms with Crippen LogP contribution in [-0.4, -0.2) is 25.0 Å². The summed E-state index contributed by atoms with van der Waals surface area (Å²) >= 11 is 9.93. The first-order valence-electron chi connectivity index (χ1n) is 7.83. The van der Waals surface area contributed by atoms with Crippen LogP contribution in [0.1, 0.15) is 25.8 Å². The number of hydrogen-bond donors (Lipinski definition) is 0. The molecule has 1 aliphatic rings. The molecular weight excluding hydrogens is 426 g/mol. The van der Waals surface area contributed by atoms with Crippen molar-refractivity contribution in [3.63, 3.8) is 0 Å². The third-order valence-electron chi connectivity index (χ3n) is 4.24. The molecule has 0 aliphatic heterocycles. The Morgan fingerprint density at radius 1 is 1.48 bits per heavy atom. The number of aryl methyl sites for hydroxylation is 1. The van der Waals surface area contributed by atoms with Crippen molar-refractivity contribution in [2.75, 3.05) is 6.26 Å². The summed E-state index contributed by atoms with van der Waals surface area (Å²) in [6, 6.07) is 1.78. The summed E-state index contributed by atoms with van der Waals surface area (Å²) in [6.07, 6.45) is 5.66. The molecule has 132 valence electrons. The van der Waals surface area contributed by atoms with Gasteiger partial charge in [0, 0.05) is 35.0 Å². The number of fused-ring (bicyclic) bond motifs is 1. The van der Waals surface area contributed by atoms with Crippen molar-refractivity contribution in [1.29, 1.82) is 0 Å². The molecule has 0 spiro atoms. The summed E-state index contributed by atoms with van der Waals surface area (Å²) in [5, 5.41) is 1.51. The second-order valence-corrected chi connectivity index (χ2v) is 8.55. The van der Waals surface area contributed by atoms with Crippen LogP contribution in [0.2, 0.25) is 0 Å². The smallest absolute Gasteiger partial charge is 0.259 e. The molecule has 3 rings (SSSR count). The van der Waals surface area contributed by atoms with Crippen molar-refractivity contribution in [3.05, 3.63) is 43.8 Å². The first-order valence-corrected chi connectivity index (χ1v) is 10.6. The molecule has 2 heterocycles. The zero-order chi connectivity index (χ0) is 18.3. The number of allylic oxidation sites excluding steroid dienone is 4. The van der Waals surface area contributed by atoms with Crippen LogP contribution in [0.4, 0.5) is 0 Å². The molecule has 0 amide bonds. The van der Waals surface area contributed by atoms with Gasteiger partial charge in [0.2, 0.25) is 5.16 Å². The fourth-order valence-electron chi connectivity index (χ4n) is 2.88. The first kappa shape index (κ1) is 18.5. The molecular formula is C17H17BrClN3O2S. The van der Waals surface area contributed by atoms with E-state index in [4.69, 9.17) is 11.6 Å². The van der Waals surface area contributed by atoms with Gasteiger partial charge in [0.05, 0.1) is 10.8 Å². The highest BCUT2D eigenvalue weighted by atomic mass is 79.9. The minimum atomic E-state index is -1.31. The van der Waals surface area contributed by atoms with E-state index in [0.29, 0.717) is 29.2 Å². The highest BCUT2D eigenvalue weighted by molar-refractivity contribution is 9.11. The van der Waals surface area contributed by atoms with Gasteiger partial charge < -0.3 is 0 Å². The number of hydrogen-bond acceptors (Lipinski definition) is 4. The highest BCUT2D eigenvalue weighted by Crippen LogP contribution is 2.38. The molecule has 0 aromatic carbocycles. The Bertz CT molecular complexity index is 1010. The first-order chi connectivity index (χ1) is 11.8. The fraction of sp³-hybridized carbons (Fsp3) is 0.353. The lowest BCUT2D eigenvalue weighted by molar-refractivity contribution is 0.678. The summed E-state index contributed by atoms with van der Waals surface area (Å²) in [7, 11) is -1.31. The number of rotatable bonds is 3. The summed E-state index contributed by atoms with van der Waals surface area (Å²) < 4.78 is 14.3. The Morgan fingerprint density at radius 2 is 2.20 bits per heavy atom. The monoisotopic (exact) mass is 441 g/mol. The molecule has 0 saturated carbocycles. The van der Waals surface area contributed by atoms with E-state index >= 15 is 0 Å². The maximum Gasteiger partial charge on any atom is 0.259 e. The van der Waals surface area contributed by atoms with Crippen molar-refractivity contribution < 1.29 is 4.21 Å². The van der Waals surface area contributed by atoms with Crippen molar-refractivity contribution >= 4 is 54.9 Å². The van der Waals surface area contributed by atoms with E-state index in [1.54, 1.807) is 16.8 Å². The molecule has 0 bridgehead atoms. The Kier molecular flexibility index (Phi) is 5.27. The second kappa shape index (κ2) is 7.13. The summed E-state index contributed by atoms with van der Waals surface area (Å²) in [5.41, 5.74) is 1.74. The minimum Gasteiger partial charge on any atom is -0.292 e. The molecule has 2 aromatic rings. The highest BCUT2D eigenvalue weighted by Gasteiger charge is 2.22. The molecule has 1 aliphatic carbocycles. The van der Waals surface area contributed by atoms with E-state index in [1.165, 1.54) is 6.26 Å². The van der Waals surface area contributed by atoms with E-state index in [-0.39, 0.29) is 16.6 Å². The zero-order valence-corrected chi connectivity index (χ0v) is 17.2. The van der Waals surface area contributed by atoms with Gasteiger partial charge in [-0.05, 0) is 41.5 Å². The average Bonchev–Trinajstić information content (AvgIpc) is 2.57. The molecule has 0 saturated heterocycles. The van der Waals surface area contributed by atoms with Gasteiger partial charge >= 0.3 is 0 Å². The normalized spacial score (nSPS) is 19.2. The minimum absolute atomic E-state index is 0.145. The summed E-state index contributed by atoms with van der Waals surface area (Å²) in [5.74, 6) is 0.254. The predicted octanol–water partition coefficient (Wildman–Crippen LogP) is 3.82. The van der Waals surface area contributed by atoms with Crippen molar-refractivity contribution in [2.45, 2.75) is 32.0 Å². The van der Waals surface area contributed by atoms with Crippen LogP contribution in [0.3, 0.4) is 0 Å². The Balaban J connectivity index is 2.30. The van der Waals surface area contributed by atoms with Crippen LogP contribution in [0.5, 0.6) is 0 Å². The third-order valence-corrected chi connectivity index (χ3v) is 6.30. The van der Waals surface area contributed by atoms with Crippen LogP contribution in [0, 0.1) is 5.92 Å². The van der Waals surface area contributed by atoms with Gasteiger partial charge in [-0.3, -0.25) is 13.6 Å². The summed E-state index contributed by atoms with van der Waals surface area (Å²) in [6.45, 7) is 4.41. The van der Waals surface area contributed by atoms with Crippen LogP contribution >= 0.6 is 27.5 Å². The van der Waals surface area contributed by atoms with Gasteiger partial charge in [0.1, 0.15) is 5.65 Å². The molecule has 2 unspecified atom stereocenters. The van der Waals surface area contributed by atoms with E-state index in [2.05, 4.69) is 32.8 Å². The SMILES string of the molecule is CCn1c(=O)c(C2=C(Cl)C=C(Br)C(C)C2)cc2cnc(S(C)=O)nc21. The molecule has 0 fully saturated rings. The van der Waals surface area contributed by atoms with Crippen molar-refractivity contribution in [2.24, 2.45) is 5.92 Å². The molecule has 5 nitrogen and oxygen atoms in total. The number of nitrogens with zero attached hydrogens (tertiary/aromatic N) is 3. The topological polar surface area (TPSA) is 64.8 Å². The number of halogens is 2. The lowest BCUT2D eigenvalue weighted by atomic mass is 9.91. The third kappa shape index (κ3) is 3.37. The summed E-state index contributed by atoms with van der Waals surface area (Å²) in [4.78, 5) is 21.5. The van der Waals surface area contributed by atoms with Gasteiger partial charge in [-0.25, -0.2) is 9.97 Å². The maximum absolute atomic E-state index is 13.0. The van der Waals surface area contributed by atoms with Crippen LogP contribution in [0.25, 0.3) is 16.6 Å². The van der Waals surface area contributed by atoms with Crippen LogP contribution in [0.15, 0.2) is 37.8 Å². The predicted molar refractivity (Wildman–Crippen MR) is 105 cm³/mol. The molecule has 0 radical (unpaired) electrons. The van der Waals surface area contributed by atoms with Gasteiger partial charge in [-0.15, -0.1) is 0 Å². The second-order valence-electron chi connectivity index (χ2n) is 5.95. The quantitative estimate of drug-likeness (QED) is 0.678. The van der Waals surface area contributed by atoms with Gasteiger partial charge in [0.15, 0.2) is 0 Å². The zero-order valence-electron chi connectivity index (χ0n) is 14.0. The molecule has 2 aromatic heterocycles. The average molecular weight is 443 g/mol. The standard InChI is InChI=1S/C17H17BrClN3O2S/c1-4-22-15-10(8-20-17(21-15)25(3)24)6-12(16(22)23)11-5-9(2)13(18)7-14(11)19/h6-9H,4-5H2,1-3H3. The Hall–Kier alpha value is -1.31. The maximum atomic E-state index is 13.0. The van der Waals surface area contributed by atoms with E-state index in [0.717, 1.165) is 15.4 Å². The van der Waals surface area contributed by atoms with Crippen molar-refractivity contribution in [1.82, 2.24) is 14.5 Å². The van der Waals surface area contributed by atoms with E-state index < -0.39 is 10.8 Å². The fourth-order valence-corrected chi connectivity index (χ4v) is 4.12. The van der Waals surface area contributed by atoms with Crippen LogP contribution in [-0.2, 0) is 17.3 Å². The molecule has 8 heteroatoms. The molecule has 2 atom stereocenters. The lowest BCUT2D eigenvalue weighted by Gasteiger charge is -2.21. The lowest BCUT2D eigenvalue weighted by Crippen LogP contribution is -2.25. The van der Waals surface area contributed by atoms with Gasteiger partial charge in [-0.1, -0.05) is 34.5 Å². The van der Waals surface area contributed by atoms with Crippen molar-refractivity contribution in [3.8, 4) is 0 Å². The Labute approximate surface area is 161 Å². The van der Waals surface area contributed by atoms with Crippen LogP contribution < -0.4 is 5.56 Å². The largest absolute Gasteiger partial charge is 0.292 e. The van der Waals surface area contributed by atoms with E-state index in [9.17, 15) is 9.00 Å². The van der Waals surface area contributed by atoms with E-state index in [1.807, 2.05) is 13.0 Å². The van der Waals surface area contributed by atoms with Gasteiger partial charge in [-0.2, -0.15) is 0 Å². The Morgan fingerprint density at radius 3 is 2.84 bits per heavy atom. The molecule has 0 N–H and O–H groups in total. The number of aromatic nitrogens is 3.